The van der Waals surface area contributed by atoms with Crippen LogP contribution in [-0.4, -0.2) is 6.61 Å². The molecule has 1 aliphatic rings. The van der Waals surface area contributed by atoms with Crippen molar-refractivity contribution in [3.8, 4) is 5.75 Å². The third-order valence-electron chi connectivity index (χ3n) is 3.16. The molecule has 1 unspecified atom stereocenters. The summed E-state index contributed by atoms with van der Waals surface area (Å²) in [6.45, 7) is 0.793. The van der Waals surface area contributed by atoms with Gasteiger partial charge in [0.05, 0.1) is 6.61 Å². The highest BCUT2D eigenvalue weighted by molar-refractivity contribution is 5.40. The van der Waals surface area contributed by atoms with E-state index in [4.69, 9.17) is 4.74 Å². The van der Waals surface area contributed by atoms with Crippen LogP contribution in [0.3, 0.4) is 0 Å². The number of para-hydroxylation sites is 1. The second kappa shape index (κ2) is 4.01. The smallest absolute Gasteiger partial charge is 0.119 e. The molecular weight excluding hydrogens is 196 g/mol. The monoisotopic (exact) mass is 210 g/mol. The SMILES string of the molecule is c1ccc(OCC2Cc3ccccc32)cc1. The average Bonchev–Trinajstić information content (AvgIpc) is 2.32. The van der Waals surface area contributed by atoms with E-state index in [1.54, 1.807) is 0 Å². The van der Waals surface area contributed by atoms with Crippen molar-refractivity contribution in [2.45, 2.75) is 12.3 Å². The summed E-state index contributed by atoms with van der Waals surface area (Å²) in [4.78, 5) is 0. The molecule has 1 aliphatic carbocycles. The van der Waals surface area contributed by atoms with Crippen LogP contribution >= 0.6 is 0 Å². The largest absolute Gasteiger partial charge is 0.493 e. The van der Waals surface area contributed by atoms with E-state index in [-0.39, 0.29) is 0 Å². The lowest BCUT2D eigenvalue weighted by Crippen LogP contribution is -2.22. The topological polar surface area (TPSA) is 9.23 Å². The highest BCUT2D eigenvalue weighted by atomic mass is 16.5. The van der Waals surface area contributed by atoms with Gasteiger partial charge in [-0.2, -0.15) is 0 Å². The van der Waals surface area contributed by atoms with Gasteiger partial charge in [0.2, 0.25) is 0 Å². The van der Waals surface area contributed by atoms with Gasteiger partial charge in [-0.25, -0.2) is 0 Å². The molecule has 2 aromatic carbocycles. The van der Waals surface area contributed by atoms with E-state index in [0.29, 0.717) is 5.92 Å². The van der Waals surface area contributed by atoms with Gasteiger partial charge in [-0.05, 0) is 29.7 Å². The Morgan fingerprint density at radius 1 is 0.938 bits per heavy atom. The van der Waals surface area contributed by atoms with Crippen molar-refractivity contribution in [1.29, 1.82) is 0 Å². The molecule has 0 amide bonds. The fraction of sp³-hybridized carbons (Fsp3) is 0.200. The molecule has 1 heteroatoms. The fourth-order valence-corrected chi connectivity index (χ4v) is 2.22. The van der Waals surface area contributed by atoms with Gasteiger partial charge < -0.3 is 4.74 Å². The number of ether oxygens (including phenoxy) is 1. The summed E-state index contributed by atoms with van der Waals surface area (Å²) >= 11 is 0. The van der Waals surface area contributed by atoms with Crippen molar-refractivity contribution in [3.05, 3.63) is 65.7 Å². The summed E-state index contributed by atoms with van der Waals surface area (Å²) in [6, 6.07) is 18.6. The van der Waals surface area contributed by atoms with Crippen LogP contribution in [0.25, 0.3) is 0 Å². The minimum Gasteiger partial charge on any atom is -0.493 e. The molecule has 0 bridgehead atoms. The Balaban J connectivity index is 1.63. The van der Waals surface area contributed by atoms with Gasteiger partial charge in [-0.3, -0.25) is 0 Å². The van der Waals surface area contributed by atoms with E-state index in [2.05, 4.69) is 24.3 Å². The fourth-order valence-electron chi connectivity index (χ4n) is 2.22. The number of hydrogen-bond acceptors (Lipinski definition) is 1. The Bertz CT molecular complexity index is 476. The second-order valence-electron chi connectivity index (χ2n) is 4.22. The number of benzene rings is 2. The van der Waals surface area contributed by atoms with Crippen molar-refractivity contribution in [1.82, 2.24) is 0 Å². The minimum absolute atomic E-state index is 0.580. The van der Waals surface area contributed by atoms with Crippen LogP contribution in [0.4, 0.5) is 0 Å². The maximum Gasteiger partial charge on any atom is 0.119 e. The standard InChI is InChI=1S/C15H14O/c1-2-7-14(8-3-1)16-11-13-10-12-6-4-5-9-15(12)13/h1-9,13H,10-11H2. The molecule has 0 fully saturated rings. The van der Waals surface area contributed by atoms with Gasteiger partial charge in [-0.1, -0.05) is 42.5 Å². The third-order valence-corrected chi connectivity index (χ3v) is 3.16. The van der Waals surface area contributed by atoms with E-state index < -0.39 is 0 Å². The van der Waals surface area contributed by atoms with Gasteiger partial charge in [0.1, 0.15) is 5.75 Å². The Kier molecular flexibility index (Phi) is 2.37. The average molecular weight is 210 g/mol. The Hall–Kier alpha value is -1.76. The van der Waals surface area contributed by atoms with Crippen molar-refractivity contribution < 1.29 is 4.74 Å². The Morgan fingerprint density at radius 3 is 2.50 bits per heavy atom. The van der Waals surface area contributed by atoms with Crippen molar-refractivity contribution in [3.63, 3.8) is 0 Å². The highest BCUT2D eigenvalue weighted by Gasteiger charge is 2.25. The first-order valence-corrected chi connectivity index (χ1v) is 5.69. The summed E-state index contributed by atoms with van der Waals surface area (Å²) in [5.41, 5.74) is 2.93. The summed E-state index contributed by atoms with van der Waals surface area (Å²) in [5, 5.41) is 0. The second-order valence-corrected chi connectivity index (χ2v) is 4.22. The molecule has 0 saturated heterocycles. The molecule has 1 nitrogen and oxygen atoms in total. The van der Waals surface area contributed by atoms with Crippen LogP contribution < -0.4 is 4.74 Å². The lowest BCUT2D eigenvalue weighted by molar-refractivity contribution is 0.275. The first-order valence-electron chi connectivity index (χ1n) is 5.69. The molecule has 0 heterocycles. The van der Waals surface area contributed by atoms with Gasteiger partial charge >= 0.3 is 0 Å². The van der Waals surface area contributed by atoms with Gasteiger partial charge in [-0.15, -0.1) is 0 Å². The van der Waals surface area contributed by atoms with Gasteiger partial charge in [0, 0.05) is 5.92 Å². The van der Waals surface area contributed by atoms with E-state index in [1.807, 2.05) is 30.3 Å². The molecule has 0 saturated carbocycles. The van der Waals surface area contributed by atoms with Crippen LogP contribution in [0.2, 0.25) is 0 Å². The molecule has 2 aromatic rings. The molecule has 0 radical (unpaired) electrons. The first kappa shape index (κ1) is 9.46. The zero-order valence-corrected chi connectivity index (χ0v) is 9.10. The summed E-state index contributed by atoms with van der Waals surface area (Å²) < 4.78 is 5.77. The van der Waals surface area contributed by atoms with Crippen LogP contribution in [0, 0.1) is 0 Å². The van der Waals surface area contributed by atoms with Crippen molar-refractivity contribution in [2.75, 3.05) is 6.61 Å². The van der Waals surface area contributed by atoms with Crippen molar-refractivity contribution >= 4 is 0 Å². The maximum atomic E-state index is 5.77. The maximum absolute atomic E-state index is 5.77. The molecule has 1 atom stereocenters. The van der Waals surface area contributed by atoms with Crippen LogP contribution in [-0.2, 0) is 6.42 Å². The van der Waals surface area contributed by atoms with Crippen LogP contribution in [0.15, 0.2) is 54.6 Å². The summed E-state index contributed by atoms with van der Waals surface area (Å²) in [5.74, 6) is 1.54. The molecular formula is C15H14O. The third kappa shape index (κ3) is 1.69. The van der Waals surface area contributed by atoms with E-state index in [1.165, 1.54) is 11.1 Å². The zero-order valence-electron chi connectivity index (χ0n) is 9.10. The molecule has 80 valence electrons. The molecule has 3 rings (SSSR count). The number of fused-ring (bicyclic) bond motifs is 1. The molecule has 0 aromatic heterocycles. The first-order chi connectivity index (χ1) is 7.93. The number of hydrogen-bond donors (Lipinski definition) is 0. The lowest BCUT2D eigenvalue weighted by Gasteiger charge is -2.29. The quantitative estimate of drug-likeness (QED) is 0.754. The number of rotatable bonds is 3. The predicted molar refractivity (Wildman–Crippen MR) is 64.8 cm³/mol. The molecule has 0 spiro atoms. The molecule has 0 N–H and O–H groups in total. The van der Waals surface area contributed by atoms with Crippen LogP contribution in [0.1, 0.15) is 17.0 Å². The normalized spacial score (nSPS) is 17.4. The van der Waals surface area contributed by atoms with Crippen LogP contribution in [0.5, 0.6) is 5.75 Å². The van der Waals surface area contributed by atoms with E-state index >= 15 is 0 Å². The summed E-state index contributed by atoms with van der Waals surface area (Å²) in [7, 11) is 0. The Labute approximate surface area is 95.7 Å². The van der Waals surface area contributed by atoms with E-state index in [9.17, 15) is 0 Å². The lowest BCUT2D eigenvalue weighted by atomic mass is 9.78. The summed E-state index contributed by atoms with van der Waals surface area (Å²) in [6.07, 6.45) is 1.16. The van der Waals surface area contributed by atoms with Gasteiger partial charge in [0.25, 0.3) is 0 Å². The highest BCUT2D eigenvalue weighted by Crippen LogP contribution is 2.34. The van der Waals surface area contributed by atoms with Crippen molar-refractivity contribution in [2.24, 2.45) is 0 Å². The zero-order chi connectivity index (χ0) is 10.8. The molecule has 16 heavy (non-hydrogen) atoms. The van der Waals surface area contributed by atoms with E-state index in [0.717, 1.165) is 18.8 Å². The Morgan fingerprint density at radius 2 is 1.69 bits per heavy atom. The minimum atomic E-state index is 0.580. The van der Waals surface area contributed by atoms with Gasteiger partial charge in [0.15, 0.2) is 0 Å². The predicted octanol–water partition coefficient (Wildman–Crippen LogP) is 3.41. The molecule has 0 aliphatic heterocycles.